The Morgan fingerprint density at radius 2 is 1.59 bits per heavy atom. The van der Waals surface area contributed by atoms with Gasteiger partial charge in [0.05, 0.1) is 5.52 Å². The van der Waals surface area contributed by atoms with Crippen LogP contribution in [-0.2, 0) is 0 Å². The summed E-state index contributed by atoms with van der Waals surface area (Å²) in [5.74, 6) is -6.76. The van der Waals surface area contributed by atoms with Crippen molar-refractivity contribution in [2.75, 3.05) is 5.32 Å². The Morgan fingerprint density at radius 1 is 0.862 bits per heavy atom. The molecule has 0 saturated heterocycles. The second-order valence-corrected chi connectivity index (χ2v) is 6.13. The molecule has 0 saturated carbocycles. The van der Waals surface area contributed by atoms with Gasteiger partial charge in [0.25, 0.3) is 5.91 Å². The molecule has 146 valence electrons. The Labute approximate surface area is 160 Å². The van der Waals surface area contributed by atoms with E-state index in [1.54, 1.807) is 0 Å². The summed E-state index contributed by atoms with van der Waals surface area (Å²) in [6, 6.07) is 8.63. The van der Waals surface area contributed by atoms with E-state index in [9.17, 15) is 26.7 Å². The van der Waals surface area contributed by atoms with Crippen molar-refractivity contribution in [1.29, 1.82) is 0 Å². The number of carbonyl (C=O) groups is 1. The first-order valence-electron chi connectivity index (χ1n) is 8.23. The molecule has 0 aliphatic heterocycles. The van der Waals surface area contributed by atoms with Gasteiger partial charge in [0.2, 0.25) is 0 Å². The maximum atomic E-state index is 14.0. The molecule has 0 radical (unpaired) electrons. The van der Waals surface area contributed by atoms with Crippen molar-refractivity contribution in [2.24, 2.45) is 0 Å². The van der Waals surface area contributed by atoms with E-state index in [-0.39, 0.29) is 11.4 Å². The molecular formula is C20H10F5N3O. The number of rotatable bonds is 3. The minimum Gasteiger partial charge on any atom is -0.304 e. The lowest BCUT2D eigenvalue weighted by Crippen LogP contribution is -2.17. The van der Waals surface area contributed by atoms with Crippen LogP contribution in [-0.4, -0.2) is 16.1 Å². The number of nitrogens with zero attached hydrogens (tertiary/aromatic N) is 1. The fraction of sp³-hybridized carbons (Fsp3) is 0. The van der Waals surface area contributed by atoms with E-state index in [4.69, 9.17) is 0 Å². The highest BCUT2D eigenvalue weighted by Crippen LogP contribution is 2.29. The number of benzene rings is 3. The molecule has 0 spiro atoms. The van der Waals surface area contributed by atoms with Gasteiger partial charge in [-0.3, -0.25) is 9.89 Å². The summed E-state index contributed by atoms with van der Waals surface area (Å²) in [6.07, 6.45) is 0. The molecule has 0 bridgehead atoms. The summed E-state index contributed by atoms with van der Waals surface area (Å²) < 4.78 is 68.3. The molecule has 9 heteroatoms. The Hall–Kier alpha value is -3.75. The molecule has 0 aliphatic rings. The van der Waals surface area contributed by atoms with Crippen LogP contribution in [0.15, 0.2) is 48.5 Å². The summed E-state index contributed by atoms with van der Waals surface area (Å²) in [4.78, 5) is 12.2. The average Bonchev–Trinajstić information content (AvgIpc) is 3.09. The van der Waals surface area contributed by atoms with Crippen LogP contribution in [0.3, 0.4) is 0 Å². The number of anilines is 1. The molecule has 0 aliphatic carbocycles. The second kappa shape index (κ2) is 7.01. The predicted molar refractivity (Wildman–Crippen MR) is 95.7 cm³/mol. The zero-order valence-corrected chi connectivity index (χ0v) is 14.4. The van der Waals surface area contributed by atoms with Gasteiger partial charge in [-0.25, -0.2) is 22.0 Å². The van der Waals surface area contributed by atoms with Gasteiger partial charge in [-0.1, -0.05) is 6.07 Å². The van der Waals surface area contributed by atoms with E-state index >= 15 is 0 Å². The van der Waals surface area contributed by atoms with E-state index < -0.39 is 40.6 Å². The number of fused-ring (bicyclic) bond motifs is 1. The maximum absolute atomic E-state index is 14.0. The molecule has 0 unspecified atom stereocenters. The molecule has 1 aromatic heterocycles. The summed E-state index contributed by atoms with van der Waals surface area (Å²) in [6.45, 7) is 0. The van der Waals surface area contributed by atoms with Gasteiger partial charge in [-0.05, 0) is 48.0 Å². The minimum atomic E-state index is -1.62. The number of hydrogen-bond donors (Lipinski definition) is 2. The standard InChI is InChI=1S/C20H10F5N3O/c21-10-2-4-13(22)12(8-10)9-1-3-11-16(7-9)27-28-19(11)26-20(29)17-14(23)5-6-15(24)18(17)25/h1-8H,(H2,26,27,28,29). The van der Waals surface area contributed by atoms with Crippen molar-refractivity contribution < 1.29 is 26.7 Å². The molecule has 2 N–H and O–H groups in total. The molecule has 0 atom stereocenters. The van der Waals surface area contributed by atoms with Gasteiger partial charge in [0.15, 0.2) is 17.5 Å². The van der Waals surface area contributed by atoms with Crippen molar-refractivity contribution in [3.63, 3.8) is 0 Å². The number of aromatic amines is 1. The highest BCUT2D eigenvalue weighted by atomic mass is 19.2. The number of carbonyl (C=O) groups excluding carboxylic acids is 1. The summed E-state index contributed by atoms with van der Waals surface area (Å²) >= 11 is 0. The van der Waals surface area contributed by atoms with Gasteiger partial charge in [0, 0.05) is 10.9 Å². The Kier molecular flexibility index (Phi) is 4.50. The predicted octanol–water partition coefficient (Wildman–Crippen LogP) is 5.18. The van der Waals surface area contributed by atoms with Crippen LogP contribution in [0.2, 0.25) is 0 Å². The molecule has 3 aromatic carbocycles. The van der Waals surface area contributed by atoms with Crippen LogP contribution in [0.5, 0.6) is 0 Å². The molecule has 0 fully saturated rings. The lowest BCUT2D eigenvalue weighted by molar-refractivity contribution is 0.101. The SMILES string of the molecule is O=C(Nc1n[nH]c2cc(-c3cc(F)ccc3F)ccc12)c1c(F)ccc(F)c1F. The monoisotopic (exact) mass is 403 g/mol. The second-order valence-electron chi connectivity index (χ2n) is 6.13. The van der Waals surface area contributed by atoms with Crippen molar-refractivity contribution in [2.45, 2.75) is 0 Å². The fourth-order valence-electron chi connectivity index (χ4n) is 2.91. The third-order valence-corrected chi connectivity index (χ3v) is 4.31. The zero-order valence-electron chi connectivity index (χ0n) is 14.4. The summed E-state index contributed by atoms with van der Waals surface area (Å²) in [5, 5.41) is 8.99. The lowest BCUT2D eigenvalue weighted by Gasteiger charge is -2.07. The van der Waals surface area contributed by atoms with E-state index in [0.717, 1.165) is 18.2 Å². The van der Waals surface area contributed by atoms with Gasteiger partial charge >= 0.3 is 0 Å². The summed E-state index contributed by atoms with van der Waals surface area (Å²) in [5.41, 5.74) is -0.365. The van der Waals surface area contributed by atoms with E-state index in [2.05, 4.69) is 15.5 Å². The quantitative estimate of drug-likeness (QED) is 0.366. The molecule has 4 nitrogen and oxygen atoms in total. The molecular weight excluding hydrogens is 393 g/mol. The first kappa shape index (κ1) is 18.6. The highest BCUT2D eigenvalue weighted by Gasteiger charge is 2.22. The van der Waals surface area contributed by atoms with Gasteiger partial charge < -0.3 is 5.32 Å². The Morgan fingerprint density at radius 3 is 2.38 bits per heavy atom. The number of nitrogens with one attached hydrogen (secondary N) is 2. The molecule has 4 aromatic rings. The van der Waals surface area contributed by atoms with Crippen molar-refractivity contribution in [3.8, 4) is 11.1 Å². The van der Waals surface area contributed by atoms with Gasteiger partial charge in [-0.2, -0.15) is 5.10 Å². The lowest BCUT2D eigenvalue weighted by atomic mass is 10.0. The molecule has 29 heavy (non-hydrogen) atoms. The average molecular weight is 403 g/mol. The van der Waals surface area contributed by atoms with Crippen molar-refractivity contribution in [3.05, 3.63) is 83.2 Å². The number of halogens is 5. The first-order chi connectivity index (χ1) is 13.8. The van der Waals surface area contributed by atoms with Crippen molar-refractivity contribution in [1.82, 2.24) is 10.2 Å². The fourth-order valence-corrected chi connectivity index (χ4v) is 2.91. The van der Waals surface area contributed by atoms with Crippen LogP contribution in [0.1, 0.15) is 10.4 Å². The third-order valence-electron chi connectivity index (χ3n) is 4.31. The van der Waals surface area contributed by atoms with Gasteiger partial charge in [-0.15, -0.1) is 0 Å². The topological polar surface area (TPSA) is 57.8 Å². The first-order valence-corrected chi connectivity index (χ1v) is 8.23. The minimum absolute atomic E-state index is 0.0241. The largest absolute Gasteiger partial charge is 0.304 e. The number of aromatic nitrogens is 2. The van der Waals surface area contributed by atoms with E-state index in [0.29, 0.717) is 28.6 Å². The van der Waals surface area contributed by atoms with E-state index in [1.165, 1.54) is 18.2 Å². The van der Waals surface area contributed by atoms with Crippen molar-refractivity contribution >= 4 is 22.6 Å². The van der Waals surface area contributed by atoms with Crippen LogP contribution in [0.4, 0.5) is 27.8 Å². The third kappa shape index (κ3) is 3.31. The molecule has 1 heterocycles. The maximum Gasteiger partial charge on any atom is 0.262 e. The van der Waals surface area contributed by atoms with Gasteiger partial charge in [0.1, 0.15) is 23.0 Å². The molecule has 1 amide bonds. The van der Waals surface area contributed by atoms with Crippen LogP contribution >= 0.6 is 0 Å². The highest BCUT2D eigenvalue weighted by molar-refractivity contribution is 6.08. The van der Waals surface area contributed by atoms with Crippen LogP contribution in [0, 0.1) is 29.1 Å². The number of H-pyrrole nitrogens is 1. The van der Waals surface area contributed by atoms with E-state index in [1.807, 2.05) is 0 Å². The Balaban J connectivity index is 1.69. The Bertz CT molecular complexity index is 1270. The smallest absolute Gasteiger partial charge is 0.262 e. The number of amides is 1. The normalized spacial score (nSPS) is 11.1. The summed E-state index contributed by atoms with van der Waals surface area (Å²) in [7, 11) is 0. The zero-order chi connectivity index (χ0) is 20.7. The number of hydrogen-bond acceptors (Lipinski definition) is 2. The van der Waals surface area contributed by atoms with Crippen LogP contribution in [0.25, 0.3) is 22.0 Å². The van der Waals surface area contributed by atoms with Crippen LogP contribution < -0.4 is 5.32 Å². The molecule has 4 rings (SSSR count).